The largest absolute Gasteiger partial charge is 1.00 e. The normalized spacial score (nSPS) is 13.6. The van der Waals surface area contributed by atoms with Crippen LogP contribution in [0.2, 0.25) is 0 Å². The van der Waals surface area contributed by atoms with Crippen molar-refractivity contribution >= 4 is 5.97 Å². The van der Waals surface area contributed by atoms with Crippen LogP contribution in [0.5, 0.6) is 0 Å². The van der Waals surface area contributed by atoms with Crippen LogP contribution >= 0.6 is 0 Å². The van der Waals surface area contributed by atoms with Crippen molar-refractivity contribution < 1.29 is 63.9 Å². The van der Waals surface area contributed by atoms with Gasteiger partial charge in [0, 0.05) is 0 Å². The van der Waals surface area contributed by atoms with E-state index in [0.29, 0.717) is 0 Å². The molecule has 90 valence electrons. The molecule has 0 aromatic rings. The van der Waals surface area contributed by atoms with E-state index in [1.807, 2.05) is 0 Å². The van der Waals surface area contributed by atoms with Crippen LogP contribution in [0.15, 0.2) is 0 Å². The van der Waals surface area contributed by atoms with Crippen molar-refractivity contribution in [2.45, 2.75) is 24.2 Å². The smallest absolute Gasteiger partial charge is 0.544 e. The molecule has 0 aliphatic rings. The Labute approximate surface area is 94.8 Å². The Morgan fingerprint density at radius 2 is 1.31 bits per heavy atom. The third-order valence-corrected chi connectivity index (χ3v) is 1.34. The summed E-state index contributed by atoms with van der Waals surface area (Å²) in [6.45, 7) is 0. The molecule has 0 aromatic heterocycles. The first kappa shape index (κ1) is 17.9. The van der Waals surface area contributed by atoms with Gasteiger partial charge in [-0.15, -0.1) is 0 Å². The van der Waals surface area contributed by atoms with Crippen molar-refractivity contribution in [3.63, 3.8) is 0 Å². The number of hydrogen-bond donors (Lipinski definition) is 0. The predicted octanol–water partition coefficient (Wildman–Crippen LogP) is -2.09. The van der Waals surface area contributed by atoms with Gasteiger partial charge in [0.1, 0.15) is 5.97 Å². The first-order valence-electron chi connectivity index (χ1n) is 3.02. The minimum Gasteiger partial charge on any atom is -0.544 e. The first-order valence-corrected chi connectivity index (χ1v) is 3.02. The SMILES string of the molecule is O=C([O-])C(F)(F)C(F)(F)C(F)(F)C(F)F.[Li+]. The Bertz CT molecular complexity index is 265. The number of rotatable bonds is 4. The fourth-order valence-corrected chi connectivity index (χ4v) is 0.475. The van der Waals surface area contributed by atoms with E-state index in [-0.39, 0.29) is 18.9 Å². The molecular formula is C5HF8LiO2. The van der Waals surface area contributed by atoms with Crippen LogP contribution in [0, 0.1) is 0 Å². The van der Waals surface area contributed by atoms with E-state index >= 15 is 0 Å². The van der Waals surface area contributed by atoms with E-state index in [4.69, 9.17) is 0 Å². The summed E-state index contributed by atoms with van der Waals surface area (Å²) in [5.74, 6) is -23.5. The number of alkyl halides is 8. The number of carbonyl (C=O) groups excluding carboxylic acids is 1. The van der Waals surface area contributed by atoms with E-state index in [2.05, 4.69) is 0 Å². The molecule has 0 N–H and O–H groups in total. The minimum atomic E-state index is -6.74. The summed E-state index contributed by atoms with van der Waals surface area (Å²) in [6.07, 6.45) is -5.14. The summed E-state index contributed by atoms with van der Waals surface area (Å²) < 4.78 is 94.5. The van der Waals surface area contributed by atoms with Crippen molar-refractivity contribution in [2.75, 3.05) is 0 Å². The quantitative estimate of drug-likeness (QED) is 0.425. The predicted molar refractivity (Wildman–Crippen MR) is 25.9 cm³/mol. The van der Waals surface area contributed by atoms with Crippen molar-refractivity contribution in [1.82, 2.24) is 0 Å². The van der Waals surface area contributed by atoms with Crippen molar-refractivity contribution in [2.24, 2.45) is 0 Å². The van der Waals surface area contributed by atoms with Gasteiger partial charge in [-0.05, 0) is 0 Å². The van der Waals surface area contributed by atoms with Crippen LogP contribution < -0.4 is 24.0 Å². The van der Waals surface area contributed by atoms with Gasteiger partial charge in [0.2, 0.25) is 0 Å². The molecule has 2 nitrogen and oxygen atoms in total. The van der Waals surface area contributed by atoms with Crippen molar-refractivity contribution in [3.05, 3.63) is 0 Å². The van der Waals surface area contributed by atoms with Gasteiger partial charge in [-0.3, -0.25) is 0 Å². The maximum Gasteiger partial charge on any atom is 1.00 e. The minimum absolute atomic E-state index is 0. The summed E-state index contributed by atoms with van der Waals surface area (Å²) >= 11 is 0. The van der Waals surface area contributed by atoms with Gasteiger partial charge in [-0.1, -0.05) is 0 Å². The van der Waals surface area contributed by atoms with Gasteiger partial charge in [0.15, 0.2) is 0 Å². The molecule has 0 saturated carbocycles. The zero-order valence-electron chi connectivity index (χ0n) is 7.42. The zero-order chi connectivity index (χ0) is 12.7. The molecule has 0 fully saturated rings. The molecule has 16 heavy (non-hydrogen) atoms. The molecule has 11 heteroatoms. The molecule has 0 spiro atoms. The van der Waals surface area contributed by atoms with Gasteiger partial charge >= 0.3 is 43.1 Å². The van der Waals surface area contributed by atoms with Gasteiger partial charge in [0.05, 0.1) is 0 Å². The second-order valence-electron chi connectivity index (χ2n) is 2.36. The number of carboxylic acid groups (broad SMARTS) is 1. The van der Waals surface area contributed by atoms with E-state index in [9.17, 15) is 45.0 Å². The van der Waals surface area contributed by atoms with Gasteiger partial charge in [-0.25, -0.2) is 8.78 Å². The molecule has 0 atom stereocenters. The molecule has 0 unspecified atom stereocenters. The number of halogens is 8. The molecule has 0 heterocycles. The number of carboxylic acids is 1. The second-order valence-corrected chi connectivity index (χ2v) is 2.36. The molecule has 0 amide bonds. The Kier molecular flexibility index (Phi) is 5.36. The van der Waals surface area contributed by atoms with Crippen LogP contribution in [-0.2, 0) is 4.79 Å². The molecular weight excluding hydrogens is 251 g/mol. The van der Waals surface area contributed by atoms with Gasteiger partial charge in [0.25, 0.3) is 0 Å². The fourth-order valence-electron chi connectivity index (χ4n) is 0.475. The van der Waals surface area contributed by atoms with Crippen LogP contribution in [0.1, 0.15) is 0 Å². The molecule has 0 radical (unpaired) electrons. The molecule has 0 saturated heterocycles. The van der Waals surface area contributed by atoms with Crippen molar-refractivity contribution in [1.29, 1.82) is 0 Å². The molecule has 0 aliphatic heterocycles. The fraction of sp³-hybridized carbons (Fsp3) is 0.800. The topological polar surface area (TPSA) is 40.1 Å². The Balaban J connectivity index is 0. The number of hydrogen-bond acceptors (Lipinski definition) is 2. The molecule has 0 aliphatic carbocycles. The summed E-state index contributed by atoms with van der Waals surface area (Å²) in [5.41, 5.74) is 0. The Morgan fingerprint density at radius 3 is 1.50 bits per heavy atom. The van der Waals surface area contributed by atoms with Gasteiger partial charge in [-0.2, -0.15) is 26.3 Å². The summed E-state index contributed by atoms with van der Waals surface area (Å²) in [4.78, 5) is 9.42. The average molecular weight is 252 g/mol. The van der Waals surface area contributed by atoms with Crippen LogP contribution in [0.4, 0.5) is 35.1 Å². The van der Waals surface area contributed by atoms with Gasteiger partial charge < -0.3 is 9.90 Å². The van der Waals surface area contributed by atoms with E-state index < -0.39 is 30.2 Å². The second kappa shape index (κ2) is 4.79. The standard InChI is InChI=1S/C5H2F8O2.Li/c6-1(7)3(8,9)5(12,13)4(10,11)2(14)15;/h1H,(H,14,15);/q;+1/p-1. The van der Waals surface area contributed by atoms with E-state index in [1.165, 1.54) is 0 Å². The number of aliphatic carboxylic acids is 1. The first-order chi connectivity index (χ1) is 6.39. The van der Waals surface area contributed by atoms with E-state index in [0.717, 1.165) is 0 Å². The van der Waals surface area contributed by atoms with Crippen LogP contribution in [0.25, 0.3) is 0 Å². The average Bonchev–Trinajstić information content (AvgIpc) is 2.02. The molecule has 0 bridgehead atoms. The maximum atomic E-state index is 12.1. The Morgan fingerprint density at radius 1 is 1.00 bits per heavy atom. The van der Waals surface area contributed by atoms with Crippen LogP contribution in [-0.4, -0.2) is 30.2 Å². The molecule has 0 aromatic carbocycles. The van der Waals surface area contributed by atoms with Crippen LogP contribution in [0.3, 0.4) is 0 Å². The number of carbonyl (C=O) groups is 1. The maximum absolute atomic E-state index is 12.1. The molecule has 0 rings (SSSR count). The zero-order valence-corrected chi connectivity index (χ0v) is 7.42. The van der Waals surface area contributed by atoms with Crippen molar-refractivity contribution in [3.8, 4) is 0 Å². The third kappa shape index (κ3) is 2.43. The third-order valence-electron chi connectivity index (χ3n) is 1.34. The summed E-state index contributed by atoms with van der Waals surface area (Å²) in [7, 11) is 0. The summed E-state index contributed by atoms with van der Waals surface area (Å²) in [5, 5.41) is 9.42. The summed E-state index contributed by atoms with van der Waals surface area (Å²) in [6, 6.07) is 0. The Hall–Kier alpha value is -0.493. The van der Waals surface area contributed by atoms with E-state index in [1.54, 1.807) is 0 Å². The monoisotopic (exact) mass is 252 g/mol.